The predicted molar refractivity (Wildman–Crippen MR) is 122 cm³/mol. The molecular formula is C25H31N3O4. The van der Waals surface area contributed by atoms with Crippen LogP contribution in [0.1, 0.15) is 50.6 Å². The highest BCUT2D eigenvalue weighted by atomic mass is 16.6. The summed E-state index contributed by atoms with van der Waals surface area (Å²) in [5.41, 5.74) is 2.31. The second kappa shape index (κ2) is 10.4. The van der Waals surface area contributed by atoms with E-state index in [1.165, 1.54) is 18.2 Å². The Morgan fingerprint density at radius 3 is 2.31 bits per heavy atom. The van der Waals surface area contributed by atoms with Crippen LogP contribution in [0.5, 0.6) is 5.75 Å². The van der Waals surface area contributed by atoms with Crippen molar-refractivity contribution in [3.05, 3.63) is 65.5 Å². The molecule has 3 aromatic rings. The van der Waals surface area contributed by atoms with E-state index >= 15 is 0 Å². The fourth-order valence-corrected chi connectivity index (χ4v) is 3.13. The molecular weight excluding hydrogens is 406 g/mol. The molecule has 0 unspecified atom stereocenters. The van der Waals surface area contributed by atoms with Crippen LogP contribution < -0.4 is 10.1 Å². The summed E-state index contributed by atoms with van der Waals surface area (Å²) >= 11 is 0. The normalized spacial score (nSPS) is 11.6. The summed E-state index contributed by atoms with van der Waals surface area (Å²) in [4.78, 5) is 16.2. The fraction of sp³-hybridized carbons (Fsp3) is 0.400. The molecule has 0 radical (unpaired) electrons. The number of hydrogen-bond acceptors (Lipinski definition) is 7. The molecule has 2 aromatic carbocycles. The minimum Gasteiger partial charge on any atom is -0.476 e. The van der Waals surface area contributed by atoms with E-state index in [0.717, 1.165) is 25.1 Å². The zero-order valence-electron chi connectivity index (χ0n) is 19.3. The molecule has 3 rings (SSSR count). The summed E-state index contributed by atoms with van der Waals surface area (Å²) in [7, 11) is 1.36. The smallest absolute Gasteiger partial charge is 0.349 e. The molecule has 7 heteroatoms. The average molecular weight is 438 g/mol. The summed E-state index contributed by atoms with van der Waals surface area (Å²) in [6.45, 7) is 9.05. The van der Waals surface area contributed by atoms with Gasteiger partial charge in [-0.1, -0.05) is 55.4 Å². The van der Waals surface area contributed by atoms with Crippen molar-refractivity contribution in [2.45, 2.75) is 52.2 Å². The van der Waals surface area contributed by atoms with Crippen molar-refractivity contribution < 1.29 is 18.8 Å². The lowest BCUT2D eigenvalue weighted by molar-refractivity contribution is -0.156. The Bertz CT molecular complexity index is 1010. The first-order valence-electron chi connectivity index (χ1n) is 10.8. The van der Waals surface area contributed by atoms with Gasteiger partial charge in [-0.15, -0.1) is 0 Å². The van der Waals surface area contributed by atoms with Crippen molar-refractivity contribution in [1.82, 2.24) is 15.5 Å². The fourth-order valence-electron chi connectivity index (χ4n) is 3.13. The Labute approximate surface area is 189 Å². The number of nitrogens with one attached hydrogen (secondary N) is 1. The number of aromatic nitrogens is 2. The van der Waals surface area contributed by atoms with Gasteiger partial charge in [0.05, 0.1) is 7.11 Å². The van der Waals surface area contributed by atoms with Gasteiger partial charge in [-0.25, -0.2) is 4.79 Å². The van der Waals surface area contributed by atoms with E-state index in [4.69, 9.17) is 14.0 Å². The number of nitrogens with zero attached hydrogens (tertiary/aromatic N) is 2. The highest BCUT2D eigenvalue weighted by Gasteiger charge is 2.30. The summed E-state index contributed by atoms with van der Waals surface area (Å²) in [6, 6.07) is 15.9. The molecule has 1 heterocycles. The minimum absolute atomic E-state index is 0.218. The molecule has 0 atom stereocenters. The van der Waals surface area contributed by atoms with E-state index in [2.05, 4.69) is 27.6 Å². The van der Waals surface area contributed by atoms with Gasteiger partial charge < -0.3 is 19.3 Å². The predicted octanol–water partition coefficient (Wildman–Crippen LogP) is 4.52. The summed E-state index contributed by atoms with van der Waals surface area (Å²) in [5, 5.41) is 7.51. The Morgan fingerprint density at radius 1 is 1.06 bits per heavy atom. The number of benzene rings is 2. The van der Waals surface area contributed by atoms with Gasteiger partial charge in [0, 0.05) is 18.0 Å². The van der Waals surface area contributed by atoms with E-state index in [1.54, 1.807) is 13.8 Å². The molecule has 170 valence electrons. The molecule has 0 saturated heterocycles. The number of rotatable bonds is 10. The lowest BCUT2D eigenvalue weighted by atomic mass is 10.1. The van der Waals surface area contributed by atoms with Gasteiger partial charge in [-0.05, 0) is 50.1 Å². The molecule has 0 bridgehead atoms. The third-order valence-electron chi connectivity index (χ3n) is 5.04. The Morgan fingerprint density at radius 2 is 1.72 bits per heavy atom. The number of methoxy groups -OCH3 is 1. The lowest BCUT2D eigenvalue weighted by Crippen LogP contribution is -2.39. The zero-order valence-corrected chi connectivity index (χ0v) is 19.3. The lowest BCUT2D eigenvalue weighted by Gasteiger charge is -2.23. The largest absolute Gasteiger partial charge is 0.476 e. The number of hydrogen-bond donors (Lipinski definition) is 1. The van der Waals surface area contributed by atoms with Crippen molar-refractivity contribution in [3.8, 4) is 17.1 Å². The zero-order chi connectivity index (χ0) is 23.1. The Kier molecular flexibility index (Phi) is 7.64. The van der Waals surface area contributed by atoms with Crippen LogP contribution in [-0.2, 0) is 22.5 Å². The topological polar surface area (TPSA) is 86.5 Å². The molecule has 0 amide bonds. The SMILES string of the molecule is COC(=O)C(C)(C)Oc1ccc(CCNCc2ccc(-c3noc(C(C)C)n3)cc2)cc1. The van der Waals surface area contributed by atoms with Gasteiger partial charge in [0.1, 0.15) is 5.75 Å². The van der Waals surface area contributed by atoms with Crippen LogP contribution in [0.4, 0.5) is 0 Å². The molecule has 0 aliphatic heterocycles. The summed E-state index contributed by atoms with van der Waals surface area (Å²) < 4.78 is 15.8. The van der Waals surface area contributed by atoms with Crippen molar-refractivity contribution in [2.75, 3.05) is 13.7 Å². The summed E-state index contributed by atoms with van der Waals surface area (Å²) in [5.74, 6) is 1.72. The van der Waals surface area contributed by atoms with Gasteiger partial charge in [-0.2, -0.15) is 4.98 Å². The second-order valence-corrected chi connectivity index (χ2v) is 8.48. The maximum absolute atomic E-state index is 11.7. The molecule has 32 heavy (non-hydrogen) atoms. The first kappa shape index (κ1) is 23.5. The van der Waals surface area contributed by atoms with Gasteiger partial charge in [0.2, 0.25) is 11.7 Å². The van der Waals surface area contributed by atoms with Gasteiger partial charge in [0.25, 0.3) is 0 Å². The molecule has 0 saturated carbocycles. The molecule has 7 nitrogen and oxygen atoms in total. The van der Waals surface area contributed by atoms with Crippen LogP contribution in [0.2, 0.25) is 0 Å². The highest BCUT2D eigenvalue weighted by molar-refractivity contribution is 5.78. The Hall–Kier alpha value is -3.19. The van der Waals surface area contributed by atoms with E-state index in [1.807, 2.05) is 50.2 Å². The van der Waals surface area contributed by atoms with Crippen LogP contribution in [0.3, 0.4) is 0 Å². The minimum atomic E-state index is -1.02. The first-order valence-corrected chi connectivity index (χ1v) is 10.8. The Balaban J connectivity index is 1.44. The van der Waals surface area contributed by atoms with Crippen LogP contribution in [0, 0.1) is 0 Å². The number of esters is 1. The third-order valence-corrected chi connectivity index (χ3v) is 5.04. The van der Waals surface area contributed by atoms with Gasteiger partial charge >= 0.3 is 5.97 Å². The van der Waals surface area contributed by atoms with Crippen molar-refractivity contribution in [2.24, 2.45) is 0 Å². The molecule has 0 spiro atoms. The average Bonchev–Trinajstić information content (AvgIpc) is 3.28. The standard InChI is InChI=1S/C25H31N3O4/c1-17(2)23-27-22(28-32-23)20-10-6-19(7-11-20)16-26-15-14-18-8-12-21(13-9-18)31-25(3,4)24(29)30-5/h6-13,17,26H,14-16H2,1-5H3. The van der Waals surface area contributed by atoms with E-state index in [-0.39, 0.29) is 5.92 Å². The van der Waals surface area contributed by atoms with Crippen molar-refractivity contribution >= 4 is 5.97 Å². The maximum Gasteiger partial charge on any atom is 0.349 e. The molecule has 1 aromatic heterocycles. The van der Waals surface area contributed by atoms with Crippen molar-refractivity contribution in [1.29, 1.82) is 0 Å². The molecule has 0 aliphatic carbocycles. The number of carbonyl (C=O) groups excluding carboxylic acids is 1. The van der Waals surface area contributed by atoms with Crippen LogP contribution >= 0.6 is 0 Å². The third kappa shape index (κ3) is 6.17. The van der Waals surface area contributed by atoms with Crippen molar-refractivity contribution in [3.63, 3.8) is 0 Å². The molecule has 1 N–H and O–H groups in total. The van der Waals surface area contributed by atoms with E-state index in [0.29, 0.717) is 17.5 Å². The second-order valence-electron chi connectivity index (χ2n) is 8.48. The molecule has 0 aliphatic rings. The maximum atomic E-state index is 11.7. The van der Waals surface area contributed by atoms with Crippen LogP contribution in [0.15, 0.2) is 53.1 Å². The quantitative estimate of drug-likeness (QED) is 0.368. The first-order chi connectivity index (χ1) is 15.3. The van der Waals surface area contributed by atoms with E-state index in [9.17, 15) is 4.79 Å². The number of ether oxygens (including phenoxy) is 2. The van der Waals surface area contributed by atoms with Crippen LogP contribution in [-0.4, -0.2) is 35.4 Å². The molecule has 0 fully saturated rings. The van der Waals surface area contributed by atoms with E-state index < -0.39 is 11.6 Å². The summed E-state index contributed by atoms with van der Waals surface area (Å²) in [6.07, 6.45) is 0.888. The van der Waals surface area contributed by atoms with Gasteiger partial charge in [-0.3, -0.25) is 0 Å². The van der Waals surface area contributed by atoms with Gasteiger partial charge in [0.15, 0.2) is 5.60 Å². The number of carbonyl (C=O) groups is 1. The van der Waals surface area contributed by atoms with Crippen LogP contribution in [0.25, 0.3) is 11.4 Å². The highest BCUT2D eigenvalue weighted by Crippen LogP contribution is 2.21. The monoisotopic (exact) mass is 437 g/mol.